The van der Waals surface area contributed by atoms with Crippen LogP contribution in [-0.4, -0.2) is 34.5 Å². The van der Waals surface area contributed by atoms with Crippen molar-refractivity contribution in [2.45, 2.75) is 25.8 Å². The first-order valence-electron chi connectivity index (χ1n) is 7.87. The van der Waals surface area contributed by atoms with E-state index in [-0.39, 0.29) is 11.8 Å². The van der Waals surface area contributed by atoms with Crippen molar-refractivity contribution in [1.82, 2.24) is 10.1 Å². The molecule has 1 fully saturated rings. The fraction of sp³-hybridized carbons (Fsp3) is 0.278. The highest BCUT2D eigenvalue weighted by Gasteiger charge is 2.34. The second kappa shape index (κ2) is 6.70. The molecule has 6 nitrogen and oxygen atoms in total. The van der Waals surface area contributed by atoms with E-state index in [0.29, 0.717) is 30.1 Å². The van der Waals surface area contributed by atoms with Crippen LogP contribution in [0, 0.1) is 6.92 Å². The van der Waals surface area contributed by atoms with E-state index in [1.54, 1.807) is 11.8 Å². The lowest BCUT2D eigenvalue weighted by Gasteiger charge is -2.22. The molecule has 3 rings (SSSR count). The molecule has 6 heteroatoms. The van der Waals surface area contributed by atoms with E-state index in [1.165, 1.54) is 6.08 Å². The van der Waals surface area contributed by atoms with Gasteiger partial charge in [-0.05, 0) is 25.8 Å². The average Bonchev–Trinajstić information content (AvgIpc) is 3.23. The predicted octanol–water partition coefficient (Wildman–Crippen LogP) is 2.77. The van der Waals surface area contributed by atoms with Crippen molar-refractivity contribution in [3.63, 3.8) is 0 Å². The highest BCUT2D eigenvalue weighted by atomic mass is 16.5. The van der Waals surface area contributed by atoms with Crippen molar-refractivity contribution >= 4 is 17.5 Å². The second-order valence-corrected chi connectivity index (χ2v) is 5.72. The minimum atomic E-state index is -0.492. The smallest absolute Gasteiger partial charge is 0.247 e. The van der Waals surface area contributed by atoms with Gasteiger partial charge in [-0.2, -0.15) is 0 Å². The van der Waals surface area contributed by atoms with Crippen LogP contribution in [0.2, 0.25) is 0 Å². The van der Waals surface area contributed by atoms with Crippen LogP contribution in [0.25, 0.3) is 11.3 Å². The molecule has 1 saturated heterocycles. The van der Waals surface area contributed by atoms with E-state index in [4.69, 9.17) is 4.52 Å². The summed E-state index contributed by atoms with van der Waals surface area (Å²) < 4.78 is 5.38. The molecule has 0 spiro atoms. The van der Waals surface area contributed by atoms with Crippen molar-refractivity contribution in [3.05, 3.63) is 48.7 Å². The summed E-state index contributed by atoms with van der Waals surface area (Å²) in [4.78, 5) is 26.1. The normalized spacial score (nSPS) is 16.9. The van der Waals surface area contributed by atoms with Crippen LogP contribution < -0.4 is 5.32 Å². The molecule has 1 aliphatic rings. The second-order valence-electron chi connectivity index (χ2n) is 5.72. The molecule has 0 bridgehead atoms. The van der Waals surface area contributed by atoms with E-state index in [2.05, 4.69) is 17.1 Å². The van der Waals surface area contributed by atoms with E-state index in [0.717, 1.165) is 12.0 Å². The topological polar surface area (TPSA) is 75.4 Å². The lowest BCUT2D eigenvalue weighted by atomic mass is 10.1. The van der Waals surface area contributed by atoms with Crippen LogP contribution >= 0.6 is 0 Å². The Morgan fingerprint density at radius 3 is 2.83 bits per heavy atom. The van der Waals surface area contributed by atoms with Crippen LogP contribution in [-0.2, 0) is 9.59 Å². The number of benzene rings is 1. The maximum absolute atomic E-state index is 12.7. The lowest BCUT2D eigenvalue weighted by molar-refractivity contribution is -0.132. The van der Waals surface area contributed by atoms with Crippen molar-refractivity contribution in [2.24, 2.45) is 0 Å². The maximum atomic E-state index is 12.7. The summed E-state index contributed by atoms with van der Waals surface area (Å²) in [5, 5.41) is 6.84. The zero-order valence-electron chi connectivity index (χ0n) is 13.5. The van der Waals surface area contributed by atoms with Crippen LogP contribution in [0.5, 0.6) is 0 Å². The van der Waals surface area contributed by atoms with Crippen LogP contribution in [0.3, 0.4) is 0 Å². The van der Waals surface area contributed by atoms with Crippen molar-refractivity contribution in [1.29, 1.82) is 0 Å². The van der Waals surface area contributed by atoms with Gasteiger partial charge in [0.05, 0.1) is 0 Å². The molecule has 24 heavy (non-hydrogen) atoms. The largest absolute Gasteiger partial charge is 0.354 e. The summed E-state index contributed by atoms with van der Waals surface area (Å²) in [7, 11) is 0. The summed E-state index contributed by atoms with van der Waals surface area (Å²) in [6.07, 6.45) is 2.67. The van der Waals surface area contributed by atoms with Gasteiger partial charge in [-0.25, -0.2) is 0 Å². The summed E-state index contributed by atoms with van der Waals surface area (Å²) in [6, 6.07) is 8.97. The number of aryl methyl sites for hydroxylation is 1. The number of nitrogens with one attached hydrogen (secondary N) is 1. The van der Waals surface area contributed by atoms with E-state index >= 15 is 0 Å². The molecule has 0 saturated carbocycles. The van der Waals surface area contributed by atoms with Gasteiger partial charge in [0.15, 0.2) is 5.76 Å². The van der Waals surface area contributed by atoms with Gasteiger partial charge in [0.2, 0.25) is 11.8 Å². The maximum Gasteiger partial charge on any atom is 0.247 e. The third-order valence-electron chi connectivity index (χ3n) is 4.16. The van der Waals surface area contributed by atoms with E-state index in [1.807, 2.05) is 30.3 Å². The minimum absolute atomic E-state index is 0.224. The molecule has 1 aliphatic heterocycles. The fourth-order valence-electron chi connectivity index (χ4n) is 2.93. The van der Waals surface area contributed by atoms with Crippen LogP contribution in [0.4, 0.5) is 5.69 Å². The molecule has 1 atom stereocenters. The quantitative estimate of drug-likeness (QED) is 0.877. The molecule has 1 unspecified atom stereocenters. The third-order valence-corrected chi connectivity index (χ3v) is 4.16. The van der Waals surface area contributed by atoms with Gasteiger partial charge in [0.1, 0.15) is 17.4 Å². The van der Waals surface area contributed by atoms with Crippen LogP contribution in [0.1, 0.15) is 18.5 Å². The molecule has 124 valence electrons. The molecular formula is C18H19N3O3. The number of hydrogen-bond acceptors (Lipinski definition) is 4. The zero-order valence-corrected chi connectivity index (χ0v) is 13.5. The van der Waals surface area contributed by atoms with Crippen molar-refractivity contribution in [3.8, 4) is 11.3 Å². The first kappa shape index (κ1) is 16.0. The first-order valence-corrected chi connectivity index (χ1v) is 7.87. The Balaban J connectivity index is 1.84. The number of carbonyl (C=O) groups is 2. The SMILES string of the molecule is C=CC(=O)N1CCCC1C(=O)Nc1c(C)noc1-c1ccccc1. The Bertz CT molecular complexity index is 767. The Morgan fingerprint density at radius 1 is 1.38 bits per heavy atom. The number of carbonyl (C=O) groups excluding carboxylic acids is 2. The van der Waals surface area contributed by atoms with Gasteiger partial charge in [-0.1, -0.05) is 42.1 Å². The molecule has 1 aromatic carbocycles. The number of hydrogen-bond donors (Lipinski definition) is 1. The highest BCUT2D eigenvalue weighted by Crippen LogP contribution is 2.31. The Hall–Kier alpha value is -2.89. The molecular weight excluding hydrogens is 306 g/mol. The fourth-order valence-corrected chi connectivity index (χ4v) is 2.93. The summed E-state index contributed by atoms with van der Waals surface area (Å²) in [5.74, 6) is 0.0604. The number of nitrogens with zero attached hydrogens (tertiary/aromatic N) is 2. The summed E-state index contributed by atoms with van der Waals surface area (Å²) in [5.41, 5.74) is 1.98. The molecule has 0 aliphatic carbocycles. The molecule has 1 aromatic heterocycles. The van der Waals surface area contributed by atoms with Gasteiger partial charge in [-0.3, -0.25) is 9.59 Å². The van der Waals surface area contributed by atoms with Gasteiger partial charge in [-0.15, -0.1) is 0 Å². The Labute approximate surface area is 140 Å². The molecule has 2 heterocycles. The third kappa shape index (κ3) is 2.95. The minimum Gasteiger partial charge on any atom is -0.354 e. The Kier molecular flexibility index (Phi) is 4.46. The van der Waals surface area contributed by atoms with Crippen molar-refractivity contribution in [2.75, 3.05) is 11.9 Å². The molecule has 2 amide bonds. The average molecular weight is 325 g/mol. The van der Waals surface area contributed by atoms with Gasteiger partial charge >= 0.3 is 0 Å². The van der Waals surface area contributed by atoms with E-state index in [9.17, 15) is 9.59 Å². The van der Waals surface area contributed by atoms with Crippen molar-refractivity contribution < 1.29 is 14.1 Å². The molecule has 1 N–H and O–H groups in total. The molecule has 2 aromatic rings. The summed E-state index contributed by atoms with van der Waals surface area (Å²) >= 11 is 0. The number of rotatable bonds is 4. The Morgan fingerprint density at radius 2 is 2.12 bits per heavy atom. The number of amides is 2. The molecule has 0 radical (unpaired) electrons. The van der Waals surface area contributed by atoms with Crippen LogP contribution in [0.15, 0.2) is 47.5 Å². The highest BCUT2D eigenvalue weighted by molar-refractivity contribution is 6.01. The predicted molar refractivity (Wildman–Crippen MR) is 90.2 cm³/mol. The van der Waals surface area contributed by atoms with E-state index < -0.39 is 6.04 Å². The van der Waals surface area contributed by atoms with Gasteiger partial charge < -0.3 is 14.7 Å². The monoisotopic (exact) mass is 325 g/mol. The first-order chi connectivity index (χ1) is 11.6. The zero-order chi connectivity index (χ0) is 17.1. The number of anilines is 1. The van der Waals surface area contributed by atoms with Gasteiger partial charge in [0, 0.05) is 12.1 Å². The number of likely N-dealkylation sites (tertiary alicyclic amines) is 1. The van der Waals surface area contributed by atoms with Gasteiger partial charge in [0.25, 0.3) is 0 Å². The lowest BCUT2D eigenvalue weighted by Crippen LogP contribution is -2.42. The standard InChI is InChI=1S/C18H19N3O3/c1-3-15(22)21-11-7-10-14(21)18(23)19-16-12(2)20-24-17(16)13-8-5-4-6-9-13/h3-6,8-9,14H,1,7,10-11H2,2H3,(H,19,23). The summed E-state index contributed by atoms with van der Waals surface area (Å²) in [6.45, 7) is 5.83. The number of aromatic nitrogens is 1.